The molecule has 3 atom stereocenters. The monoisotopic (exact) mass is 342 g/mol. The molecule has 0 aliphatic heterocycles. The Hall–Kier alpha value is -2.50. The van der Waals surface area contributed by atoms with Crippen molar-refractivity contribution in [3.63, 3.8) is 0 Å². The van der Waals surface area contributed by atoms with Crippen LogP contribution in [0.25, 0.3) is 6.08 Å². The summed E-state index contributed by atoms with van der Waals surface area (Å²) < 4.78 is 5.16. The largest absolute Gasteiger partial charge is 0.508 e. The highest BCUT2D eigenvalue weighted by atomic mass is 16.5. The van der Waals surface area contributed by atoms with Gasteiger partial charge in [-0.05, 0) is 53.8 Å². The van der Waals surface area contributed by atoms with E-state index in [1.807, 2.05) is 0 Å². The second-order valence-corrected chi connectivity index (χ2v) is 6.30. The van der Waals surface area contributed by atoms with E-state index in [0.29, 0.717) is 18.6 Å². The molecule has 0 aromatic heterocycles. The standard InChI is InChI=1S/C20H22O5/c1-25-19-11-15-13(10-18(19)24)5-9-17(23)20(15)16(22)8-4-12-2-6-14(21)7-3-12/h2-4,6-8,10-11,16-17,20-24H,5,9H2,1H3/t16-,17-,20-/m1/s1. The topological polar surface area (TPSA) is 90.2 Å². The molecule has 0 saturated carbocycles. The van der Waals surface area contributed by atoms with E-state index >= 15 is 0 Å². The molecule has 3 rings (SSSR count). The summed E-state index contributed by atoms with van der Waals surface area (Å²) in [4.78, 5) is 0. The van der Waals surface area contributed by atoms with Crippen LogP contribution in [0.1, 0.15) is 29.0 Å². The summed E-state index contributed by atoms with van der Waals surface area (Å²) in [5.74, 6) is 0.0749. The van der Waals surface area contributed by atoms with Crippen LogP contribution in [-0.4, -0.2) is 39.7 Å². The van der Waals surface area contributed by atoms with Gasteiger partial charge in [0.2, 0.25) is 0 Å². The average Bonchev–Trinajstić information content (AvgIpc) is 2.60. The van der Waals surface area contributed by atoms with Crippen LogP contribution < -0.4 is 4.74 Å². The Morgan fingerprint density at radius 2 is 1.88 bits per heavy atom. The first-order valence-corrected chi connectivity index (χ1v) is 8.22. The van der Waals surface area contributed by atoms with Crippen LogP contribution in [0.2, 0.25) is 0 Å². The van der Waals surface area contributed by atoms with Crippen LogP contribution in [-0.2, 0) is 6.42 Å². The SMILES string of the molecule is COc1cc2c(cc1O)CC[C@@H](O)[C@H]2[C@H](O)C=Cc1ccc(O)cc1. The Balaban J connectivity index is 1.89. The Morgan fingerprint density at radius 3 is 2.56 bits per heavy atom. The van der Waals surface area contributed by atoms with Gasteiger partial charge in [0.05, 0.1) is 19.3 Å². The number of aryl methyl sites for hydroxylation is 1. The first kappa shape index (κ1) is 17.3. The zero-order valence-electron chi connectivity index (χ0n) is 14.0. The van der Waals surface area contributed by atoms with Crippen LogP contribution in [0.3, 0.4) is 0 Å². The number of ether oxygens (including phenoxy) is 1. The number of methoxy groups -OCH3 is 1. The van der Waals surface area contributed by atoms with Crippen molar-refractivity contribution in [2.75, 3.05) is 7.11 Å². The van der Waals surface area contributed by atoms with Gasteiger partial charge in [0.1, 0.15) is 5.75 Å². The van der Waals surface area contributed by atoms with Crippen LogP contribution >= 0.6 is 0 Å². The van der Waals surface area contributed by atoms with Crippen LogP contribution in [0.4, 0.5) is 0 Å². The number of aliphatic hydroxyl groups is 2. The molecule has 5 nitrogen and oxygen atoms in total. The third kappa shape index (κ3) is 3.62. The fourth-order valence-electron chi connectivity index (χ4n) is 3.33. The molecule has 5 heteroatoms. The van der Waals surface area contributed by atoms with Crippen molar-refractivity contribution in [2.45, 2.75) is 31.0 Å². The molecule has 0 amide bonds. The summed E-state index contributed by atoms with van der Waals surface area (Å²) in [5.41, 5.74) is 2.53. The lowest BCUT2D eigenvalue weighted by atomic mass is 9.77. The number of fused-ring (bicyclic) bond motifs is 1. The van der Waals surface area contributed by atoms with Gasteiger partial charge in [-0.25, -0.2) is 0 Å². The molecule has 132 valence electrons. The first-order valence-electron chi connectivity index (χ1n) is 8.22. The molecule has 2 aromatic carbocycles. The summed E-state index contributed by atoms with van der Waals surface area (Å²) >= 11 is 0. The summed E-state index contributed by atoms with van der Waals surface area (Å²) in [6.07, 6.45) is 2.97. The van der Waals surface area contributed by atoms with Crippen molar-refractivity contribution in [2.24, 2.45) is 0 Å². The van der Waals surface area contributed by atoms with E-state index < -0.39 is 18.1 Å². The molecule has 0 unspecified atom stereocenters. The predicted octanol–water partition coefficient (Wildman–Crippen LogP) is 2.57. The molecule has 0 radical (unpaired) electrons. The van der Waals surface area contributed by atoms with E-state index in [-0.39, 0.29) is 11.5 Å². The van der Waals surface area contributed by atoms with Crippen LogP contribution in [0, 0.1) is 0 Å². The van der Waals surface area contributed by atoms with E-state index in [2.05, 4.69) is 0 Å². The van der Waals surface area contributed by atoms with Gasteiger partial charge in [-0.2, -0.15) is 0 Å². The van der Waals surface area contributed by atoms with Crippen molar-refractivity contribution < 1.29 is 25.2 Å². The van der Waals surface area contributed by atoms with Gasteiger partial charge in [-0.3, -0.25) is 0 Å². The van der Waals surface area contributed by atoms with Crippen molar-refractivity contribution in [3.8, 4) is 17.2 Å². The van der Waals surface area contributed by atoms with Crippen molar-refractivity contribution in [1.29, 1.82) is 0 Å². The van der Waals surface area contributed by atoms with Gasteiger partial charge in [-0.1, -0.05) is 24.3 Å². The maximum absolute atomic E-state index is 10.6. The fraction of sp³-hybridized carbons (Fsp3) is 0.300. The number of rotatable bonds is 4. The third-order valence-electron chi connectivity index (χ3n) is 4.67. The summed E-state index contributed by atoms with van der Waals surface area (Å²) in [5, 5.41) is 40.3. The molecular formula is C20H22O5. The number of aromatic hydroxyl groups is 2. The smallest absolute Gasteiger partial charge is 0.160 e. The van der Waals surface area contributed by atoms with Crippen molar-refractivity contribution in [3.05, 3.63) is 59.2 Å². The van der Waals surface area contributed by atoms with E-state index in [1.165, 1.54) is 7.11 Å². The Bertz CT molecular complexity index is 766. The van der Waals surface area contributed by atoms with Gasteiger partial charge in [-0.15, -0.1) is 0 Å². The maximum Gasteiger partial charge on any atom is 0.160 e. The fourth-order valence-corrected chi connectivity index (χ4v) is 3.33. The van der Waals surface area contributed by atoms with Crippen LogP contribution in [0.15, 0.2) is 42.5 Å². The number of aliphatic hydroxyl groups excluding tert-OH is 2. The summed E-state index contributed by atoms with van der Waals surface area (Å²) in [6, 6.07) is 9.96. The van der Waals surface area contributed by atoms with Crippen molar-refractivity contribution >= 4 is 6.08 Å². The normalized spacial score (nSPS) is 21.1. The zero-order chi connectivity index (χ0) is 18.0. The minimum absolute atomic E-state index is 0.0607. The second-order valence-electron chi connectivity index (χ2n) is 6.30. The summed E-state index contributed by atoms with van der Waals surface area (Å²) in [6.45, 7) is 0. The number of benzene rings is 2. The molecule has 1 aliphatic rings. The first-order chi connectivity index (χ1) is 12.0. The zero-order valence-corrected chi connectivity index (χ0v) is 14.0. The van der Waals surface area contributed by atoms with E-state index in [1.54, 1.807) is 48.6 Å². The predicted molar refractivity (Wildman–Crippen MR) is 94.9 cm³/mol. The molecule has 0 fully saturated rings. The Kier molecular flexibility index (Phi) is 4.97. The van der Waals surface area contributed by atoms with Gasteiger partial charge in [0.25, 0.3) is 0 Å². The minimum Gasteiger partial charge on any atom is -0.508 e. The molecule has 0 bridgehead atoms. The molecule has 1 aliphatic carbocycles. The number of phenolic OH excluding ortho intramolecular Hbond substituents is 2. The Labute approximate surface area is 146 Å². The lowest BCUT2D eigenvalue weighted by Crippen LogP contribution is -2.33. The lowest BCUT2D eigenvalue weighted by molar-refractivity contribution is 0.0640. The molecule has 0 spiro atoms. The van der Waals surface area contributed by atoms with E-state index in [9.17, 15) is 20.4 Å². The van der Waals surface area contributed by atoms with Crippen molar-refractivity contribution in [1.82, 2.24) is 0 Å². The van der Waals surface area contributed by atoms with Crippen LogP contribution in [0.5, 0.6) is 17.2 Å². The second kappa shape index (κ2) is 7.17. The number of hydrogen-bond acceptors (Lipinski definition) is 5. The number of phenols is 2. The van der Waals surface area contributed by atoms with Gasteiger partial charge >= 0.3 is 0 Å². The van der Waals surface area contributed by atoms with E-state index in [0.717, 1.165) is 16.7 Å². The maximum atomic E-state index is 10.6. The van der Waals surface area contributed by atoms with E-state index in [4.69, 9.17) is 4.74 Å². The minimum atomic E-state index is -0.892. The average molecular weight is 342 g/mol. The van der Waals surface area contributed by atoms with Gasteiger partial charge in [0.15, 0.2) is 11.5 Å². The number of hydrogen-bond donors (Lipinski definition) is 4. The molecule has 25 heavy (non-hydrogen) atoms. The summed E-state index contributed by atoms with van der Waals surface area (Å²) in [7, 11) is 1.47. The molecule has 2 aromatic rings. The molecule has 0 heterocycles. The molecule has 0 saturated heterocycles. The lowest BCUT2D eigenvalue weighted by Gasteiger charge is -2.33. The third-order valence-corrected chi connectivity index (χ3v) is 4.67. The molecule has 4 N–H and O–H groups in total. The quantitative estimate of drug-likeness (QED) is 0.686. The van der Waals surface area contributed by atoms with Gasteiger partial charge < -0.3 is 25.2 Å². The highest BCUT2D eigenvalue weighted by Gasteiger charge is 2.33. The van der Waals surface area contributed by atoms with Gasteiger partial charge in [0, 0.05) is 5.92 Å². The molecular weight excluding hydrogens is 320 g/mol. The Morgan fingerprint density at radius 1 is 1.16 bits per heavy atom. The highest BCUT2D eigenvalue weighted by molar-refractivity contribution is 5.53. The highest BCUT2D eigenvalue weighted by Crippen LogP contribution is 2.40.